The van der Waals surface area contributed by atoms with E-state index < -0.39 is 10.0 Å². The van der Waals surface area contributed by atoms with E-state index in [0.717, 1.165) is 4.89 Å². The topological polar surface area (TPSA) is 66.4 Å². The molecule has 0 saturated heterocycles. The van der Waals surface area contributed by atoms with Crippen LogP contribution in [-0.2, 0) is 10.0 Å². The Kier molecular flexibility index (Phi) is 3.30. The molecule has 0 rings (SSSR count). The summed E-state index contributed by atoms with van der Waals surface area (Å²) >= 11 is 5.03. The van der Waals surface area contributed by atoms with Crippen molar-refractivity contribution in [3.63, 3.8) is 0 Å². The Hall–Kier alpha value is 0.160. The molecule has 0 spiro atoms. The molecule has 0 bridgehead atoms. The summed E-state index contributed by atoms with van der Waals surface area (Å²) in [4.78, 5) is 1.13. The molecule has 0 aliphatic rings. The Labute approximate surface area is 52.5 Å². The zero-order valence-corrected chi connectivity index (χ0v) is 5.54. The van der Waals surface area contributed by atoms with Gasteiger partial charge in [-0.1, -0.05) is 4.89 Å². The number of rotatable bonds is 3. The SMILES string of the molecule is O=S(=O)(CCCl)NO. The lowest BCUT2D eigenvalue weighted by Gasteiger charge is -1.93. The number of halogens is 1. The Balaban J connectivity index is 3.76. The first-order chi connectivity index (χ1) is 3.62. The van der Waals surface area contributed by atoms with E-state index in [4.69, 9.17) is 16.8 Å². The highest BCUT2D eigenvalue weighted by Crippen LogP contribution is 1.82. The number of hydrogen-bond acceptors (Lipinski definition) is 3. The minimum absolute atomic E-state index is 0.0180. The molecular weight excluding hydrogens is 154 g/mol. The third kappa shape index (κ3) is 3.20. The summed E-state index contributed by atoms with van der Waals surface area (Å²) in [5, 5.41) is 7.83. The minimum Gasteiger partial charge on any atom is -0.302 e. The maximum Gasteiger partial charge on any atom is 0.234 e. The number of hydrogen-bond donors (Lipinski definition) is 2. The van der Waals surface area contributed by atoms with Crippen molar-refractivity contribution in [1.82, 2.24) is 4.89 Å². The van der Waals surface area contributed by atoms with Crippen LogP contribution in [0.5, 0.6) is 0 Å². The summed E-state index contributed by atoms with van der Waals surface area (Å²) in [7, 11) is -3.50. The molecule has 0 aliphatic carbocycles. The van der Waals surface area contributed by atoms with Crippen molar-refractivity contribution >= 4 is 21.6 Å². The van der Waals surface area contributed by atoms with Crippen molar-refractivity contribution < 1.29 is 13.6 Å². The lowest BCUT2D eigenvalue weighted by atomic mass is 11.0. The molecular formula is C2H6ClNO3S. The first kappa shape index (κ1) is 8.16. The van der Waals surface area contributed by atoms with Gasteiger partial charge < -0.3 is 5.21 Å². The monoisotopic (exact) mass is 159 g/mol. The molecule has 0 unspecified atom stereocenters. The average molecular weight is 160 g/mol. The Morgan fingerprint density at radius 1 is 1.62 bits per heavy atom. The Morgan fingerprint density at radius 3 is 2.25 bits per heavy atom. The van der Waals surface area contributed by atoms with Crippen LogP contribution in [0.3, 0.4) is 0 Å². The number of nitrogens with one attached hydrogen (secondary N) is 1. The van der Waals surface area contributed by atoms with E-state index in [-0.39, 0.29) is 11.6 Å². The van der Waals surface area contributed by atoms with E-state index in [0.29, 0.717) is 0 Å². The predicted octanol–water partition coefficient (Wildman–Crippen LogP) is -0.466. The van der Waals surface area contributed by atoms with Gasteiger partial charge in [0.15, 0.2) is 0 Å². The van der Waals surface area contributed by atoms with Gasteiger partial charge in [-0.05, 0) is 0 Å². The average Bonchev–Trinajstić information content (AvgIpc) is 1.67. The zero-order valence-electron chi connectivity index (χ0n) is 3.96. The van der Waals surface area contributed by atoms with Gasteiger partial charge in [0.05, 0.1) is 5.75 Å². The molecule has 4 nitrogen and oxygen atoms in total. The lowest BCUT2D eigenvalue weighted by molar-refractivity contribution is 0.243. The van der Waals surface area contributed by atoms with Crippen LogP contribution in [0.15, 0.2) is 0 Å². The van der Waals surface area contributed by atoms with E-state index in [1.807, 2.05) is 0 Å². The van der Waals surface area contributed by atoms with Crippen molar-refractivity contribution in [2.24, 2.45) is 0 Å². The molecule has 0 radical (unpaired) electrons. The van der Waals surface area contributed by atoms with Crippen molar-refractivity contribution in [1.29, 1.82) is 0 Å². The van der Waals surface area contributed by atoms with Crippen LogP contribution in [0, 0.1) is 0 Å². The Bertz CT molecular complexity index is 141. The van der Waals surface area contributed by atoms with Crippen molar-refractivity contribution in [3.8, 4) is 0 Å². The summed E-state index contributed by atoms with van der Waals surface area (Å²) in [5.74, 6) is -0.277. The highest BCUT2D eigenvalue weighted by molar-refractivity contribution is 7.89. The largest absolute Gasteiger partial charge is 0.302 e. The van der Waals surface area contributed by atoms with Crippen LogP contribution in [0.4, 0.5) is 0 Å². The molecule has 0 heterocycles. The first-order valence-electron chi connectivity index (χ1n) is 1.82. The Morgan fingerprint density at radius 2 is 2.12 bits per heavy atom. The van der Waals surface area contributed by atoms with Gasteiger partial charge in [0.25, 0.3) is 0 Å². The summed E-state index contributed by atoms with van der Waals surface area (Å²) in [6.07, 6.45) is 0. The third-order valence-electron chi connectivity index (χ3n) is 0.485. The second-order valence-electron chi connectivity index (χ2n) is 1.10. The number of sulfonamides is 1. The van der Waals surface area contributed by atoms with Crippen LogP contribution in [-0.4, -0.2) is 25.3 Å². The van der Waals surface area contributed by atoms with Gasteiger partial charge in [-0.3, -0.25) is 0 Å². The maximum atomic E-state index is 10.2. The second kappa shape index (κ2) is 3.24. The summed E-state index contributed by atoms with van der Waals surface area (Å²) < 4.78 is 20.3. The molecule has 0 aliphatic heterocycles. The minimum atomic E-state index is -3.50. The highest BCUT2D eigenvalue weighted by atomic mass is 35.5. The van der Waals surface area contributed by atoms with Gasteiger partial charge in [-0.2, -0.15) is 0 Å². The summed E-state index contributed by atoms with van der Waals surface area (Å²) in [6.45, 7) is 0. The van der Waals surface area contributed by atoms with Gasteiger partial charge in [-0.25, -0.2) is 8.42 Å². The molecule has 6 heteroatoms. The predicted molar refractivity (Wildman–Crippen MR) is 29.4 cm³/mol. The van der Waals surface area contributed by atoms with Crippen LogP contribution in [0.1, 0.15) is 0 Å². The molecule has 0 atom stereocenters. The second-order valence-corrected chi connectivity index (χ2v) is 3.30. The lowest BCUT2D eigenvalue weighted by Crippen LogP contribution is -2.23. The molecule has 0 aromatic rings. The van der Waals surface area contributed by atoms with Crippen LogP contribution < -0.4 is 4.89 Å². The standard InChI is InChI=1S/C2H6ClNO3S/c3-1-2-8(6,7)4-5/h4-5H,1-2H2. The fourth-order valence-corrected chi connectivity index (χ4v) is 1.05. The molecule has 50 valence electrons. The molecule has 2 N–H and O–H groups in total. The van der Waals surface area contributed by atoms with Crippen molar-refractivity contribution in [2.45, 2.75) is 0 Å². The van der Waals surface area contributed by atoms with E-state index in [1.165, 1.54) is 0 Å². The smallest absolute Gasteiger partial charge is 0.234 e. The van der Waals surface area contributed by atoms with E-state index in [9.17, 15) is 8.42 Å². The zero-order chi connectivity index (χ0) is 6.62. The normalized spacial score (nSPS) is 11.8. The number of alkyl halides is 1. The van der Waals surface area contributed by atoms with Crippen molar-refractivity contribution in [2.75, 3.05) is 11.6 Å². The molecule has 0 saturated carbocycles. The molecule has 0 aromatic heterocycles. The van der Waals surface area contributed by atoms with Gasteiger partial charge >= 0.3 is 0 Å². The van der Waals surface area contributed by atoms with E-state index >= 15 is 0 Å². The van der Waals surface area contributed by atoms with E-state index in [1.54, 1.807) is 0 Å². The highest BCUT2D eigenvalue weighted by Gasteiger charge is 2.04. The molecule has 0 amide bonds. The fourth-order valence-electron chi connectivity index (χ4n) is 0.147. The summed E-state index contributed by atoms with van der Waals surface area (Å²) in [6, 6.07) is 0. The van der Waals surface area contributed by atoms with Gasteiger partial charge in [-0.15, -0.1) is 11.6 Å². The fraction of sp³-hybridized carbons (Fsp3) is 1.00. The molecule has 8 heavy (non-hydrogen) atoms. The summed E-state index contributed by atoms with van der Waals surface area (Å²) in [5.41, 5.74) is 0. The molecule has 0 aromatic carbocycles. The van der Waals surface area contributed by atoms with Gasteiger partial charge in [0.1, 0.15) is 0 Å². The first-order valence-corrected chi connectivity index (χ1v) is 4.00. The van der Waals surface area contributed by atoms with Gasteiger partial charge in [0, 0.05) is 5.88 Å². The third-order valence-corrected chi connectivity index (χ3v) is 1.92. The quantitative estimate of drug-likeness (QED) is 0.433. The van der Waals surface area contributed by atoms with Crippen LogP contribution in [0.25, 0.3) is 0 Å². The maximum absolute atomic E-state index is 10.2. The molecule has 0 fully saturated rings. The van der Waals surface area contributed by atoms with Crippen molar-refractivity contribution in [3.05, 3.63) is 0 Å². The van der Waals surface area contributed by atoms with Gasteiger partial charge in [0.2, 0.25) is 10.0 Å². The van der Waals surface area contributed by atoms with Crippen LogP contribution in [0.2, 0.25) is 0 Å². The van der Waals surface area contributed by atoms with Crippen LogP contribution >= 0.6 is 11.6 Å². The van der Waals surface area contributed by atoms with E-state index in [2.05, 4.69) is 0 Å².